The lowest BCUT2D eigenvalue weighted by molar-refractivity contribution is 0.0793. The summed E-state index contributed by atoms with van der Waals surface area (Å²) in [6, 6.07) is 9.44. The Hall–Kier alpha value is -3.35. The van der Waals surface area contributed by atoms with E-state index in [1.807, 2.05) is 42.2 Å². The Morgan fingerprint density at radius 2 is 1.83 bits per heavy atom. The highest BCUT2D eigenvalue weighted by molar-refractivity contribution is 6.07. The number of methoxy groups -OCH3 is 2. The van der Waals surface area contributed by atoms with E-state index in [9.17, 15) is 4.79 Å². The van der Waals surface area contributed by atoms with Crippen molar-refractivity contribution >= 4 is 28.3 Å². The minimum absolute atomic E-state index is 0.0135. The number of pyridine rings is 2. The molecule has 1 aliphatic rings. The maximum Gasteiger partial charge on any atom is 0.257 e. The van der Waals surface area contributed by atoms with Crippen molar-refractivity contribution in [3.05, 3.63) is 47.8 Å². The van der Waals surface area contributed by atoms with Crippen molar-refractivity contribution in [3.8, 4) is 11.5 Å². The fourth-order valence-electron chi connectivity index (χ4n) is 3.62. The van der Waals surface area contributed by atoms with Crippen molar-refractivity contribution in [3.63, 3.8) is 0 Å². The number of fused-ring (bicyclic) bond motifs is 1. The Balaban J connectivity index is 1.81. The lowest BCUT2D eigenvalue weighted by Crippen LogP contribution is -2.28. The van der Waals surface area contributed by atoms with Crippen LogP contribution in [-0.4, -0.2) is 48.1 Å². The number of aryl methyl sites for hydroxylation is 1. The first-order chi connectivity index (χ1) is 14.1. The van der Waals surface area contributed by atoms with Gasteiger partial charge in [-0.1, -0.05) is 0 Å². The minimum atomic E-state index is -0.0135. The number of carbonyl (C=O) groups is 1. The Kier molecular flexibility index (Phi) is 5.20. The van der Waals surface area contributed by atoms with Gasteiger partial charge in [-0.3, -0.25) is 4.79 Å². The molecule has 1 aliphatic heterocycles. The van der Waals surface area contributed by atoms with Crippen molar-refractivity contribution in [2.45, 2.75) is 19.8 Å². The lowest BCUT2D eigenvalue weighted by atomic mass is 10.1. The van der Waals surface area contributed by atoms with Crippen LogP contribution in [0.1, 0.15) is 28.9 Å². The number of amides is 1. The summed E-state index contributed by atoms with van der Waals surface area (Å²) in [6.07, 6.45) is 3.69. The smallest absolute Gasteiger partial charge is 0.257 e. The Labute approximate surface area is 169 Å². The van der Waals surface area contributed by atoms with Crippen LogP contribution in [0.5, 0.6) is 11.5 Å². The van der Waals surface area contributed by atoms with Gasteiger partial charge in [0.25, 0.3) is 5.91 Å². The number of anilines is 2. The summed E-state index contributed by atoms with van der Waals surface area (Å²) in [5.41, 5.74) is 3.50. The van der Waals surface area contributed by atoms with E-state index in [-0.39, 0.29) is 5.91 Å². The molecule has 0 spiro atoms. The highest BCUT2D eigenvalue weighted by Gasteiger charge is 2.24. The minimum Gasteiger partial charge on any atom is -0.493 e. The van der Waals surface area contributed by atoms with Gasteiger partial charge in [0.2, 0.25) is 0 Å². The maximum atomic E-state index is 13.2. The molecule has 0 saturated carbocycles. The van der Waals surface area contributed by atoms with Crippen molar-refractivity contribution in [1.82, 2.24) is 14.9 Å². The molecule has 1 saturated heterocycles. The van der Waals surface area contributed by atoms with E-state index in [2.05, 4.69) is 15.3 Å². The first-order valence-electron chi connectivity index (χ1n) is 9.65. The molecule has 29 heavy (non-hydrogen) atoms. The standard InChI is InChI=1S/C22H24N4O3/c1-14-6-8-16-20(25-15-7-9-18(28-2)19(12-15)29-3)17(13-23-21(16)24-14)22(27)26-10-4-5-11-26/h6-9,12-13H,4-5,10-11H2,1-3H3,(H,23,24,25). The summed E-state index contributed by atoms with van der Waals surface area (Å²) in [4.78, 5) is 24.0. The van der Waals surface area contributed by atoms with Gasteiger partial charge in [-0.15, -0.1) is 0 Å². The Morgan fingerprint density at radius 3 is 2.55 bits per heavy atom. The predicted molar refractivity (Wildman–Crippen MR) is 112 cm³/mol. The van der Waals surface area contributed by atoms with Crippen molar-refractivity contribution in [2.75, 3.05) is 32.6 Å². The van der Waals surface area contributed by atoms with Crippen LogP contribution in [0.15, 0.2) is 36.5 Å². The average molecular weight is 392 g/mol. The summed E-state index contributed by atoms with van der Waals surface area (Å²) < 4.78 is 10.7. The van der Waals surface area contributed by atoms with Gasteiger partial charge in [0.1, 0.15) is 0 Å². The third kappa shape index (κ3) is 3.68. The first kappa shape index (κ1) is 19.0. The molecule has 0 bridgehead atoms. The summed E-state index contributed by atoms with van der Waals surface area (Å²) in [5.74, 6) is 1.24. The van der Waals surface area contributed by atoms with E-state index in [1.54, 1.807) is 20.4 Å². The molecule has 1 N–H and O–H groups in total. The molecule has 0 radical (unpaired) electrons. The molecule has 150 valence electrons. The number of benzene rings is 1. The second kappa shape index (κ2) is 7.95. The van der Waals surface area contributed by atoms with E-state index in [0.717, 1.165) is 42.7 Å². The van der Waals surface area contributed by atoms with Crippen LogP contribution in [-0.2, 0) is 0 Å². The highest BCUT2D eigenvalue weighted by Crippen LogP contribution is 2.34. The molecule has 1 aromatic carbocycles. The van der Waals surface area contributed by atoms with Crippen LogP contribution in [0.25, 0.3) is 11.0 Å². The zero-order valence-electron chi connectivity index (χ0n) is 16.9. The molecule has 0 unspecified atom stereocenters. The Bertz CT molecular complexity index is 1060. The highest BCUT2D eigenvalue weighted by atomic mass is 16.5. The molecule has 4 rings (SSSR count). The summed E-state index contributed by atoms with van der Waals surface area (Å²) in [5, 5.41) is 4.20. The third-order valence-electron chi connectivity index (χ3n) is 5.15. The Morgan fingerprint density at radius 1 is 1.07 bits per heavy atom. The third-order valence-corrected chi connectivity index (χ3v) is 5.15. The topological polar surface area (TPSA) is 76.6 Å². The number of carbonyl (C=O) groups excluding carboxylic acids is 1. The maximum absolute atomic E-state index is 13.2. The van der Waals surface area contributed by atoms with Crippen LogP contribution in [0.3, 0.4) is 0 Å². The van der Waals surface area contributed by atoms with E-state index in [4.69, 9.17) is 9.47 Å². The molecule has 3 aromatic rings. The van der Waals surface area contributed by atoms with Gasteiger partial charge >= 0.3 is 0 Å². The SMILES string of the molecule is COc1ccc(Nc2c(C(=O)N3CCCC3)cnc3nc(C)ccc23)cc1OC. The number of ether oxygens (including phenoxy) is 2. The fourth-order valence-corrected chi connectivity index (χ4v) is 3.62. The zero-order chi connectivity index (χ0) is 20.4. The van der Waals surface area contributed by atoms with Gasteiger partial charge in [0.15, 0.2) is 17.1 Å². The van der Waals surface area contributed by atoms with Gasteiger partial charge in [-0.2, -0.15) is 0 Å². The largest absolute Gasteiger partial charge is 0.493 e. The number of aromatic nitrogens is 2. The van der Waals surface area contributed by atoms with Crippen LogP contribution < -0.4 is 14.8 Å². The van der Waals surface area contributed by atoms with Crippen molar-refractivity contribution < 1.29 is 14.3 Å². The number of rotatable bonds is 5. The van der Waals surface area contributed by atoms with Crippen LogP contribution in [0.2, 0.25) is 0 Å². The molecular formula is C22H24N4O3. The van der Waals surface area contributed by atoms with Crippen LogP contribution in [0.4, 0.5) is 11.4 Å². The normalized spacial score (nSPS) is 13.6. The molecule has 0 atom stereocenters. The second-order valence-electron chi connectivity index (χ2n) is 7.06. The number of nitrogens with zero attached hydrogens (tertiary/aromatic N) is 3. The van der Waals surface area contributed by atoms with E-state index >= 15 is 0 Å². The number of nitrogens with one attached hydrogen (secondary N) is 1. The van der Waals surface area contributed by atoms with E-state index in [0.29, 0.717) is 28.4 Å². The van der Waals surface area contributed by atoms with Gasteiger partial charge < -0.3 is 19.7 Å². The molecule has 7 nitrogen and oxygen atoms in total. The predicted octanol–water partition coefficient (Wildman–Crippen LogP) is 3.94. The average Bonchev–Trinajstić information content (AvgIpc) is 3.28. The van der Waals surface area contributed by atoms with Gasteiger partial charge in [0.05, 0.1) is 25.5 Å². The number of hydrogen-bond acceptors (Lipinski definition) is 6. The molecule has 7 heteroatoms. The van der Waals surface area contributed by atoms with Crippen LogP contribution >= 0.6 is 0 Å². The fraction of sp³-hybridized carbons (Fsp3) is 0.318. The molecule has 2 aromatic heterocycles. The molecule has 3 heterocycles. The van der Waals surface area contributed by atoms with Crippen LogP contribution in [0, 0.1) is 6.92 Å². The lowest BCUT2D eigenvalue weighted by Gasteiger charge is -2.20. The molecular weight excluding hydrogens is 368 g/mol. The van der Waals surface area contributed by atoms with E-state index in [1.165, 1.54) is 0 Å². The van der Waals surface area contributed by atoms with Crippen molar-refractivity contribution in [1.29, 1.82) is 0 Å². The van der Waals surface area contributed by atoms with Gasteiger partial charge in [-0.05, 0) is 44.0 Å². The summed E-state index contributed by atoms with van der Waals surface area (Å²) >= 11 is 0. The van der Waals surface area contributed by atoms with Crippen molar-refractivity contribution in [2.24, 2.45) is 0 Å². The zero-order valence-corrected chi connectivity index (χ0v) is 16.9. The van der Waals surface area contributed by atoms with Gasteiger partial charge in [0, 0.05) is 42.1 Å². The van der Waals surface area contributed by atoms with E-state index < -0.39 is 0 Å². The number of likely N-dealkylation sites (tertiary alicyclic amines) is 1. The first-order valence-corrected chi connectivity index (χ1v) is 9.65. The quantitative estimate of drug-likeness (QED) is 0.709. The summed E-state index contributed by atoms with van der Waals surface area (Å²) in [6.45, 7) is 3.48. The number of hydrogen-bond donors (Lipinski definition) is 1. The second-order valence-corrected chi connectivity index (χ2v) is 7.06. The summed E-state index contributed by atoms with van der Waals surface area (Å²) in [7, 11) is 3.20. The van der Waals surface area contributed by atoms with Gasteiger partial charge in [-0.25, -0.2) is 9.97 Å². The molecule has 1 amide bonds. The molecule has 0 aliphatic carbocycles. The monoisotopic (exact) mass is 392 g/mol. The molecule has 1 fully saturated rings.